The van der Waals surface area contributed by atoms with Crippen LogP contribution in [0.4, 0.5) is 11.5 Å². The quantitative estimate of drug-likeness (QED) is 0.633. The number of pyridine rings is 1. The number of aromatic nitrogens is 1. The van der Waals surface area contributed by atoms with E-state index < -0.39 is 12.2 Å². The van der Waals surface area contributed by atoms with Gasteiger partial charge in [0.15, 0.2) is 0 Å². The maximum atomic E-state index is 9.61. The molecular formula is C13H13ClN4O2. The van der Waals surface area contributed by atoms with E-state index in [2.05, 4.69) is 9.83 Å². The lowest BCUT2D eigenvalue weighted by molar-refractivity contribution is 0.0572. The molecule has 1 saturated heterocycles. The second kappa shape index (κ2) is 5.64. The van der Waals surface area contributed by atoms with Gasteiger partial charge in [-0.2, -0.15) is 5.26 Å². The maximum Gasteiger partial charge on any atom is 0.232 e. The fraction of sp³-hybridized carbons (Fsp3) is 0.462. The fourth-order valence-electron chi connectivity index (χ4n) is 2.32. The fourth-order valence-corrected chi connectivity index (χ4v) is 2.55. The number of hydrogen-bond acceptors (Lipinski definition) is 5. The molecule has 2 atom stereocenters. The molecule has 20 heavy (non-hydrogen) atoms. The molecule has 1 aliphatic rings. The number of aliphatic hydroxyl groups is 2. The summed E-state index contributed by atoms with van der Waals surface area (Å²) in [5, 5.41) is 28.4. The summed E-state index contributed by atoms with van der Waals surface area (Å²) in [5.41, 5.74) is 1.02. The van der Waals surface area contributed by atoms with Crippen molar-refractivity contribution in [2.45, 2.75) is 25.6 Å². The van der Waals surface area contributed by atoms with Gasteiger partial charge in [-0.15, -0.1) is 0 Å². The highest BCUT2D eigenvalue weighted by Gasteiger charge is 2.33. The van der Waals surface area contributed by atoms with Crippen molar-refractivity contribution >= 4 is 23.1 Å². The van der Waals surface area contributed by atoms with E-state index in [0.717, 1.165) is 0 Å². The minimum atomic E-state index is -0.880. The Balaban J connectivity index is 2.58. The van der Waals surface area contributed by atoms with Gasteiger partial charge in [0, 0.05) is 13.1 Å². The monoisotopic (exact) mass is 292 g/mol. The first kappa shape index (κ1) is 14.5. The Bertz CT molecular complexity index is 610. The molecule has 2 heterocycles. The topological polar surface area (TPSA) is 84.7 Å². The zero-order valence-electron chi connectivity index (χ0n) is 10.8. The Morgan fingerprint density at radius 3 is 2.55 bits per heavy atom. The number of nitrogens with zero attached hydrogens (tertiary/aromatic N) is 4. The van der Waals surface area contributed by atoms with E-state index >= 15 is 0 Å². The molecule has 7 heteroatoms. The molecule has 2 rings (SSSR count). The van der Waals surface area contributed by atoms with Crippen molar-refractivity contribution in [1.29, 1.82) is 5.26 Å². The molecular weight excluding hydrogens is 280 g/mol. The smallest absolute Gasteiger partial charge is 0.232 e. The van der Waals surface area contributed by atoms with E-state index in [9.17, 15) is 10.2 Å². The molecule has 0 saturated carbocycles. The first-order chi connectivity index (χ1) is 9.53. The summed E-state index contributed by atoms with van der Waals surface area (Å²) in [6.07, 6.45) is -1.28. The molecule has 1 aromatic rings. The summed E-state index contributed by atoms with van der Waals surface area (Å²) in [6.45, 7) is 9.51. The normalized spacial score (nSPS) is 21.6. The molecule has 0 aliphatic carbocycles. The van der Waals surface area contributed by atoms with Crippen molar-refractivity contribution in [2.75, 3.05) is 18.0 Å². The van der Waals surface area contributed by atoms with Crippen molar-refractivity contribution in [3.63, 3.8) is 0 Å². The lowest BCUT2D eigenvalue weighted by Crippen LogP contribution is -2.23. The molecule has 0 amide bonds. The van der Waals surface area contributed by atoms with Gasteiger partial charge >= 0.3 is 0 Å². The summed E-state index contributed by atoms with van der Waals surface area (Å²) >= 11 is 6.01. The molecule has 6 nitrogen and oxygen atoms in total. The Morgan fingerprint density at radius 1 is 1.50 bits per heavy atom. The van der Waals surface area contributed by atoms with Crippen LogP contribution in [0.15, 0.2) is 0 Å². The number of hydrogen-bond donors (Lipinski definition) is 2. The number of rotatable bonds is 2. The van der Waals surface area contributed by atoms with Crippen molar-refractivity contribution in [3.8, 4) is 6.07 Å². The Morgan fingerprint density at radius 2 is 2.10 bits per heavy atom. The highest BCUT2D eigenvalue weighted by atomic mass is 35.5. The molecule has 1 aromatic heterocycles. The number of nitriles is 1. The van der Waals surface area contributed by atoms with Crippen molar-refractivity contribution in [3.05, 3.63) is 27.7 Å². The largest absolute Gasteiger partial charge is 0.389 e. The van der Waals surface area contributed by atoms with Crippen LogP contribution in [-0.2, 0) is 6.42 Å². The van der Waals surface area contributed by atoms with Crippen molar-refractivity contribution < 1.29 is 10.2 Å². The van der Waals surface area contributed by atoms with Crippen molar-refractivity contribution in [1.82, 2.24) is 4.98 Å². The Hall–Kier alpha value is -1.86. The molecule has 104 valence electrons. The van der Waals surface area contributed by atoms with Crippen LogP contribution in [0.3, 0.4) is 0 Å². The van der Waals surface area contributed by atoms with E-state index in [4.69, 9.17) is 23.4 Å². The average molecular weight is 293 g/mol. The third-order valence-electron chi connectivity index (χ3n) is 3.35. The van der Waals surface area contributed by atoms with Gasteiger partial charge in [-0.05, 0) is 12.0 Å². The minimum Gasteiger partial charge on any atom is -0.389 e. The second-order valence-corrected chi connectivity index (χ2v) is 4.90. The number of β-amino-alcohol motifs (C(OH)–C–C–N with tert-alkyl or cyclic N) is 2. The molecule has 1 aliphatic heterocycles. The van der Waals surface area contributed by atoms with Gasteiger partial charge in [0.1, 0.15) is 17.0 Å². The summed E-state index contributed by atoms with van der Waals surface area (Å²) in [6, 6.07) is 1.97. The van der Waals surface area contributed by atoms with Crippen LogP contribution in [0.1, 0.15) is 18.1 Å². The van der Waals surface area contributed by atoms with Gasteiger partial charge in [-0.25, -0.2) is 9.83 Å². The van der Waals surface area contributed by atoms with Crippen LogP contribution in [0.25, 0.3) is 4.85 Å². The third kappa shape index (κ3) is 2.30. The van der Waals surface area contributed by atoms with Gasteiger partial charge in [0.2, 0.25) is 5.69 Å². The summed E-state index contributed by atoms with van der Waals surface area (Å²) in [5.74, 6) is 0.316. The summed E-state index contributed by atoms with van der Waals surface area (Å²) < 4.78 is 0. The SMILES string of the molecule is [C-]#[N+]c1c(N2C[C@@H](O)[C@@H](O)C2)nc(Cl)c(C#N)c1CC. The highest BCUT2D eigenvalue weighted by molar-refractivity contribution is 6.31. The summed E-state index contributed by atoms with van der Waals surface area (Å²) in [4.78, 5) is 9.19. The van der Waals surface area contributed by atoms with E-state index in [-0.39, 0.29) is 29.5 Å². The van der Waals surface area contributed by atoms with Gasteiger partial charge in [0.05, 0.1) is 24.3 Å². The molecule has 1 fully saturated rings. The molecule has 0 bridgehead atoms. The van der Waals surface area contributed by atoms with E-state index in [1.165, 1.54) is 0 Å². The van der Waals surface area contributed by atoms with Crippen LogP contribution in [0.5, 0.6) is 0 Å². The van der Waals surface area contributed by atoms with Crippen LogP contribution in [-0.4, -0.2) is 40.5 Å². The number of aliphatic hydroxyl groups excluding tert-OH is 2. The predicted octanol–water partition coefficient (Wildman–Crippen LogP) is 1.26. The average Bonchev–Trinajstić information content (AvgIpc) is 2.77. The van der Waals surface area contributed by atoms with Crippen LogP contribution in [0, 0.1) is 17.9 Å². The predicted molar refractivity (Wildman–Crippen MR) is 73.8 cm³/mol. The molecule has 0 radical (unpaired) electrons. The Kier molecular flexibility index (Phi) is 4.10. The molecule has 0 unspecified atom stereocenters. The van der Waals surface area contributed by atoms with Crippen LogP contribution < -0.4 is 4.90 Å². The lowest BCUT2D eigenvalue weighted by Gasteiger charge is -2.20. The van der Waals surface area contributed by atoms with Gasteiger partial charge in [-0.1, -0.05) is 18.5 Å². The van der Waals surface area contributed by atoms with Gasteiger partial charge in [-0.3, -0.25) is 0 Å². The molecule has 0 spiro atoms. The van der Waals surface area contributed by atoms with Crippen LogP contribution in [0.2, 0.25) is 5.15 Å². The summed E-state index contributed by atoms with van der Waals surface area (Å²) in [7, 11) is 0. The zero-order chi connectivity index (χ0) is 14.9. The third-order valence-corrected chi connectivity index (χ3v) is 3.62. The molecule has 0 aromatic carbocycles. The first-order valence-electron chi connectivity index (χ1n) is 6.14. The van der Waals surface area contributed by atoms with Crippen LogP contribution >= 0.6 is 11.6 Å². The van der Waals surface area contributed by atoms with E-state index in [1.54, 1.807) is 4.90 Å². The van der Waals surface area contributed by atoms with Gasteiger partial charge in [0.25, 0.3) is 0 Å². The first-order valence-corrected chi connectivity index (χ1v) is 6.52. The Labute approximate surface area is 121 Å². The zero-order valence-corrected chi connectivity index (χ0v) is 11.6. The maximum absolute atomic E-state index is 9.61. The molecule has 2 N–H and O–H groups in total. The number of anilines is 1. The minimum absolute atomic E-state index is 0.0441. The lowest BCUT2D eigenvalue weighted by atomic mass is 10.1. The number of halogens is 1. The second-order valence-electron chi connectivity index (χ2n) is 4.55. The van der Waals surface area contributed by atoms with Gasteiger partial charge < -0.3 is 15.1 Å². The highest BCUT2D eigenvalue weighted by Crippen LogP contribution is 2.37. The standard InChI is InChI=1S/C13H13ClN4O2/c1-3-7-8(4-15)12(14)17-13(11(7)16-2)18-5-9(19)10(20)6-18/h9-10,19-20H,3,5-6H2,1H3/t9-,10+. The van der Waals surface area contributed by atoms with Crippen molar-refractivity contribution in [2.24, 2.45) is 0 Å². The van der Waals surface area contributed by atoms with E-state index in [1.807, 2.05) is 13.0 Å². The van der Waals surface area contributed by atoms with E-state index in [0.29, 0.717) is 17.8 Å².